The number of aromatic nitrogens is 4. The third kappa shape index (κ3) is 3.09. The molecule has 0 spiro atoms. The molecule has 0 aliphatic rings. The monoisotopic (exact) mass is 379 g/mol. The molecule has 2 aromatic carbocycles. The van der Waals surface area contributed by atoms with E-state index in [1.165, 1.54) is 13.2 Å². The summed E-state index contributed by atoms with van der Waals surface area (Å²) >= 11 is 0. The fourth-order valence-electron chi connectivity index (χ4n) is 2.92. The Bertz CT molecular complexity index is 1170. The topological polar surface area (TPSA) is 72.8 Å². The van der Waals surface area contributed by atoms with E-state index in [1.54, 1.807) is 37.8 Å². The number of nitrogens with one attached hydrogen (secondary N) is 1. The van der Waals surface area contributed by atoms with Crippen molar-refractivity contribution < 1.29 is 13.5 Å². The molecule has 0 amide bonds. The second kappa shape index (κ2) is 7.15. The Hall–Kier alpha value is -3.68. The molecule has 8 heteroatoms. The molecule has 0 aliphatic heterocycles. The highest BCUT2D eigenvalue weighted by Crippen LogP contribution is 2.35. The molecule has 0 bridgehead atoms. The van der Waals surface area contributed by atoms with Crippen LogP contribution in [0.15, 0.2) is 48.9 Å². The third-order valence-electron chi connectivity index (χ3n) is 4.27. The number of fused-ring (bicyclic) bond motifs is 1. The average Bonchev–Trinajstić information content (AvgIpc) is 2.74. The minimum atomic E-state index is -0.917. The van der Waals surface area contributed by atoms with Crippen LogP contribution in [0.5, 0.6) is 5.75 Å². The van der Waals surface area contributed by atoms with Crippen LogP contribution in [0.1, 0.15) is 0 Å². The van der Waals surface area contributed by atoms with Gasteiger partial charge in [0, 0.05) is 24.8 Å². The molecule has 0 saturated carbocycles. The molecule has 2 heterocycles. The molecule has 2 aromatic heterocycles. The summed E-state index contributed by atoms with van der Waals surface area (Å²) in [6, 6.07) is 7.27. The molecule has 4 aromatic rings. The maximum absolute atomic E-state index is 13.7. The molecule has 1 N–H and O–H groups in total. The number of anilines is 1. The van der Waals surface area contributed by atoms with Crippen molar-refractivity contribution in [2.24, 2.45) is 0 Å². The van der Waals surface area contributed by atoms with Gasteiger partial charge in [0.25, 0.3) is 0 Å². The lowest BCUT2D eigenvalue weighted by molar-refractivity contribution is 0.419. The van der Waals surface area contributed by atoms with Crippen molar-refractivity contribution in [1.82, 2.24) is 19.9 Å². The average molecular weight is 379 g/mol. The summed E-state index contributed by atoms with van der Waals surface area (Å²) in [4.78, 5) is 17.4. The molecule has 0 radical (unpaired) electrons. The van der Waals surface area contributed by atoms with Crippen molar-refractivity contribution in [3.05, 3.63) is 60.6 Å². The summed E-state index contributed by atoms with van der Waals surface area (Å²) < 4.78 is 32.5. The van der Waals surface area contributed by atoms with Gasteiger partial charge in [-0.15, -0.1) is 0 Å². The smallest absolute Gasteiger partial charge is 0.182 e. The van der Waals surface area contributed by atoms with Crippen LogP contribution in [0.3, 0.4) is 0 Å². The van der Waals surface area contributed by atoms with Gasteiger partial charge >= 0.3 is 0 Å². The minimum Gasteiger partial charge on any atom is -0.494 e. The predicted molar refractivity (Wildman–Crippen MR) is 102 cm³/mol. The van der Waals surface area contributed by atoms with Crippen LogP contribution in [0, 0.1) is 11.6 Å². The van der Waals surface area contributed by atoms with Gasteiger partial charge in [-0.2, -0.15) is 0 Å². The summed E-state index contributed by atoms with van der Waals surface area (Å²) in [6.45, 7) is 0. The number of methoxy groups -OCH3 is 1. The maximum Gasteiger partial charge on any atom is 0.182 e. The first kappa shape index (κ1) is 17.7. The maximum atomic E-state index is 13.7. The molecule has 6 nitrogen and oxygen atoms in total. The second-order valence-corrected chi connectivity index (χ2v) is 5.94. The van der Waals surface area contributed by atoms with Crippen molar-refractivity contribution in [1.29, 1.82) is 0 Å². The Labute approximate surface area is 159 Å². The van der Waals surface area contributed by atoms with E-state index in [1.807, 2.05) is 0 Å². The largest absolute Gasteiger partial charge is 0.494 e. The lowest BCUT2D eigenvalue weighted by Crippen LogP contribution is -2.01. The Kier molecular flexibility index (Phi) is 4.52. The number of hydrogen-bond donors (Lipinski definition) is 1. The first-order chi connectivity index (χ1) is 13.6. The van der Waals surface area contributed by atoms with Crippen LogP contribution in [-0.2, 0) is 0 Å². The van der Waals surface area contributed by atoms with Crippen LogP contribution in [-0.4, -0.2) is 34.1 Å². The van der Waals surface area contributed by atoms with Gasteiger partial charge in [-0.1, -0.05) is 6.07 Å². The molecule has 0 fully saturated rings. The van der Waals surface area contributed by atoms with E-state index < -0.39 is 11.6 Å². The van der Waals surface area contributed by atoms with Gasteiger partial charge in [-0.05, 0) is 35.4 Å². The number of hydrogen-bond acceptors (Lipinski definition) is 6. The molecule has 4 rings (SSSR count). The Morgan fingerprint density at radius 2 is 1.82 bits per heavy atom. The molecule has 0 aliphatic carbocycles. The van der Waals surface area contributed by atoms with E-state index in [2.05, 4.69) is 25.3 Å². The molecule has 0 atom stereocenters. The van der Waals surface area contributed by atoms with Gasteiger partial charge in [-0.3, -0.25) is 4.98 Å². The van der Waals surface area contributed by atoms with Gasteiger partial charge in [-0.25, -0.2) is 23.7 Å². The quantitative estimate of drug-likeness (QED) is 0.576. The van der Waals surface area contributed by atoms with E-state index >= 15 is 0 Å². The van der Waals surface area contributed by atoms with Crippen LogP contribution < -0.4 is 10.1 Å². The summed E-state index contributed by atoms with van der Waals surface area (Å²) in [5.74, 6) is -0.400. The summed E-state index contributed by atoms with van der Waals surface area (Å²) in [5, 5.41) is 3.72. The van der Waals surface area contributed by atoms with Gasteiger partial charge in [0.1, 0.15) is 22.8 Å². The van der Waals surface area contributed by atoms with Crippen molar-refractivity contribution >= 4 is 16.7 Å². The highest BCUT2D eigenvalue weighted by molar-refractivity contribution is 5.97. The van der Waals surface area contributed by atoms with Gasteiger partial charge in [0.15, 0.2) is 17.5 Å². The molecular weight excluding hydrogens is 364 g/mol. The number of ether oxygens (including phenoxy) is 1. The van der Waals surface area contributed by atoms with Gasteiger partial charge < -0.3 is 10.1 Å². The highest BCUT2D eigenvalue weighted by Gasteiger charge is 2.16. The van der Waals surface area contributed by atoms with Crippen LogP contribution in [0.25, 0.3) is 33.5 Å². The van der Waals surface area contributed by atoms with Gasteiger partial charge in [0.05, 0.1) is 13.3 Å². The normalized spacial score (nSPS) is 10.9. The highest BCUT2D eigenvalue weighted by atomic mass is 19.2. The molecule has 28 heavy (non-hydrogen) atoms. The van der Waals surface area contributed by atoms with E-state index in [0.717, 1.165) is 12.1 Å². The van der Waals surface area contributed by atoms with E-state index in [-0.39, 0.29) is 0 Å². The lowest BCUT2D eigenvalue weighted by atomic mass is 10.0. The van der Waals surface area contributed by atoms with Crippen molar-refractivity contribution in [3.8, 4) is 28.4 Å². The van der Waals surface area contributed by atoms with Crippen LogP contribution in [0.2, 0.25) is 0 Å². The Balaban J connectivity index is 1.96. The zero-order valence-corrected chi connectivity index (χ0v) is 15.1. The third-order valence-corrected chi connectivity index (χ3v) is 4.27. The number of benzene rings is 2. The summed E-state index contributed by atoms with van der Waals surface area (Å²) in [7, 11) is 3.26. The number of halogens is 2. The van der Waals surface area contributed by atoms with Crippen molar-refractivity contribution in [3.63, 3.8) is 0 Å². The van der Waals surface area contributed by atoms with Gasteiger partial charge in [0.2, 0.25) is 0 Å². The number of rotatable bonds is 4. The van der Waals surface area contributed by atoms with E-state index in [9.17, 15) is 8.78 Å². The minimum absolute atomic E-state index is 0.392. The number of nitrogens with zero attached hydrogens (tertiary/aromatic N) is 4. The second-order valence-electron chi connectivity index (χ2n) is 5.94. The van der Waals surface area contributed by atoms with Crippen LogP contribution >= 0.6 is 0 Å². The Morgan fingerprint density at radius 3 is 2.50 bits per heavy atom. The van der Waals surface area contributed by atoms with Crippen LogP contribution in [0.4, 0.5) is 14.6 Å². The molecule has 0 unspecified atom stereocenters. The van der Waals surface area contributed by atoms with Crippen molar-refractivity contribution in [2.75, 3.05) is 19.5 Å². The predicted octanol–water partition coefficient (Wildman–Crippen LogP) is 4.08. The standard InChI is InChI=1S/C20H15F2N5O/c1-23-19-13-7-12(11-3-4-14(21)15(22)8-11)9-17(28-2)18(13)26-20(27-19)16-10-24-5-6-25-16/h3-10H,1-2H3,(H,23,26,27). The SMILES string of the molecule is CNc1nc(-c2cnccn2)nc2c(OC)cc(-c3ccc(F)c(F)c3)cc12. The zero-order valence-electron chi connectivity index (χ0n) is 15.1. The summed E-state index contributed by atoms with van der Waals surface area (Å²) in [6.07, 6.45) is 4.70. The van der Waals surface area contributed by atoms with E-state index in [0.29, 0.717) is 45.1 Å². The fraction of sp³-hybridized carbons (Fsp3) is 0.100. The Morgan fingerprint density at radius 1 is 0.964 bits per heavy atom. The first-order valence-corrected chi connectivity index (χ1v) is 8.40. The van der Waals surface area contributed by atoms with Crippen molar-refractivity contribution in [2.45, 2.75) is 0 Å². The summed E-state index contributed by atoms with van der Waals surface area (Å²) in [5.41, 5.74) is 2.25. The zero-order chi connectivity index (χ0) is 19.7. The first-order valence-electron chi connectivity index (χ1n) is 8.40. The molecule has 140 valence electrons. The van der Waals surface area contributed by atoms with E-state index in [4.69, 9.17) is 4.74 Å². The lowest BCUT2D eigenvalue weighted by Gasteiger charge is -2.13. The molecule has 0 saturated heterocycles. The fourth-order valence-corrected chi connectivity index (χ4v) is 2.92. The molecular formula is C20H15F2N5O.